The van der Waals surface area contributed by atoms with Gasteiger partial charge in [-0.3, -0.25) is 0 Å². The van der Waals surface area contributed by atoms with Gasteiger partial charge in [0.1, 0.15) is 0 Å². The van der Waals surface area contributed by atoms with Crippen molar-refractivity contribution >= 4 is 0 Å². The van der Waals surface area contributed by atoms with E-state index in [1.165, 1.54) is 38.5 Å². The van der Waals surface area contributed by atoms with Crippen LogP contribution in [0.2, 0.25) is 0 Å². The van der Waals surface area contributed by atoms with Crippen molar-refractivity contribution in [1.29, 1.82) is 0 Å². The van der Waals surface area contributed by atoms with E-state index in [-0.39, 0.29) is 17.6 Å². The molecule has 0 spiro atoms. The largest absolute Gasteiger partial charge is 0.393 e. The molecule has 2 N–H and O–H groups in total. The lowest BCUT2D eigenvalue weighted by Crippen LogP contribution is -2.59. The molecule has 0 aliphatic heterocycles. The van der Waals surface area contributed by atoms with Crippen molar-refractivity contribution in [3.8, 4) is 0 Å². The fraction of sp³-hybridized carbons (Fsp3) is 0.929. The summed E-state index contributed by atoms with van der Waals surface area (Å²) in [6, 6.07) is 0. The van der Waals surface area contributed by atoms with Crippen LogP contribution in [0.3, 0.4) is 0 Å². The molecule has 4 aliphatic rings. The zero-order valence-electron chi connectivity index (χ0n) is 20.5. The minimum absolute atomic E-state index is 0.0276. The maximum Gasteiger partial charge on any atom is 0.0623 e. The van der Waals surface area contributed by atoms with Crippen LogP contribution in [0.25, 0.3) is 0 Å². The highest BCUT2D eigenvalue weighted by Gasteiger charge is 2.62. The number of fused-ring (bicyclic) bond motifs is 5. The first kappa shape index (κ1) is 22.8. The second kappa shape index (κ2) is 8.22. The number of aliphatic hydroxyl groups is 2. The predicted molar refractivity (Wildman–Crippen MR) is 125 cm³/mol. The average molecular weight is 417 g/mol. The smallest absolute Gasteiger partial charge is 0.0623 e. The first-order chi connectivity index (χ1) is 14.1. The molecule has 4 unspecified atom stereocenters. The van der Waals surface area contributed by atoms with E-state index in [1.54, 1.807) is 0 Å². The van der Waals surface area contributed by atoms with Crippen molar-refractivity contribution in [2.45, 2.75) is 105 Å². The van der Waals surface area contributed by atoms with Gasteiger partial charge in [0.25, 0.3) is 0 Å². The van der Waals surface area contributed by atoms with Crippen LogP contribution in [0.15, 0.2) is 12.2 Å². The van der Waals surface area contributed by atoms with Crippen molar-refractivity contribution in [2.75, 3.05) is 0 Å². The van der Waals surface area contributed by atoms with E-state index >= 15 is 0 Å². The highest BCUT2D eigenvalue weighted by molar-refractivity contribution is 5.12. The van der Waals surface area contributed by atoms with E-state index in [0.29, 0.717) is 41.4 Å². The van der Waals surface area contributed by atoms with E-state index in [4.69, 9.17) is 0 Å². The number of rotatable bonds is 4. The lowest BCUT2D eigenvalue weighted by Gasteiger charge is -2.62. The van der Waals surface area contributed by atoms with Crippen LogP contribution in [0.4, 0.5) is 0 Å². The topological polar surface area (TPSA) is 40.5 Å². The molecule has 0 aromatic carbocycles. The van der Waals surface area contributed by atoms with Gasteiger partial charge in [-0.1, -0.05) is 53.7 Å². The molecule has 4 rings (SSSR count). The average Bonchev–Trinajstić information content (AvgIpc) is 3.04. The second-order valence-corrected chi connectivity index (χ2v) is 12.7. The van der Waals surface area contributed by atoms with E-state index in [2.05, 4.69) is 53.7 Å². The third kappa shape index (κ3) is 3.53. The minimum Gasteiger partial charge on any atom is -0.393 e. The van der Waals surface area contributed by atoms with Crippen LogP contribution in [0, 0.1) is 58.2 Å². The molecular formula is C28H48O2. The molecule has 4 fully saturated rings. The fourth-order valence-electron chi connectivity index (χ4n) is 8.91. The number of hydrogen-bond acceptors (Lipinski definition) is 2. The van der Waals surface area contributed by atoms with Gasteiger partial charge < -0.3 is 10.2 Å². The van der Waals surface area contributed by atoms with Gasteiger partial charge in [0.2, 0.25) is 0 Å². The van der Waals surface area contributed by atoms with Crippen LogP contribution < -0.4 is 0 Å². The first-order valence-corrected chi connectivity index (χ1v) is 13.1. The van der Waals surface area contributed by atoms with Gasteiger partial charge in [-0.2, -0.15) is 0 Å². The Morgan fingerprint density at radius 2 is 1.57 bits per heavy atom. The number of hydrogen-bond donors (Lipinski definition) is 2. The van der Waals surface area contributed by atoms with Gasteiger partial charge in [-0.15, -0.1) is 0 Å². The Morgan fingerprint density at radius 1 is 0.833 bits per heavy atom. The van der Waals surface area contributed by atoms with Gasteiger partial charge in [-0.25, -0.2) is 0 Å². The van der Waals surface area contributed by atoms with Gasteiger partial charge in [0.05, 0.1) is 12.2 Å². The molecule has 4 aliphatic carbocycles. The number of allylic oxidation sites excluding steroid dienone is 2. The van der Waals surface area contributed by atoms with Crippen molar-refractivity contribution in [1.82, 2.24) is 0 Å². The van der Waals surface area contributed by atoms with Crippen molar-refractivity contribution < 1.29 is 10.2 Å². The monoisotopic (exact) mass is 416 g/mol. The standard InChI is InChI=1S/C28H48O2/c1-17(2)18(3)7-8-19(4)23-11-12-24-22-10-9-20-15-21(29)16-26(30)28(20,6)25(22)13-14-27(23,24)5/h7-8,17-26,29-30H,9-16H2,1-6H3/t18?,19-,20?,21?,22+,23-,24+,25+,26?,27-,28+/m1/s1. The molecule has 0 saturated heterocycles. The molecule has 4 saturated carbocycles. The molecule has 0 radical (unpaired) electrons. The first-order valence-electron chi connectivity index (χ1n) is 13.1. The maximum atomic E-state index is 11.1. The highest BCUT2D eigenvalue weighted by atomic mass is 16.3. The van der Waals surface area contributed by atoms with Crippen LogP contribution in [0.1, 0.15) is 92.9 Å². The quantitative estimate of drug-likeness (QED) is 0.516. The third-order valence-electron chi connectivity index (χ3n) is 11.2. The van der Waals surface area contributed by atoms with Gasteiger partial charge in [-0.05, 0) is 110 Å². The third-order valence-corrected chi connectivity index (χ3v) is 11.2. The molecule has 11 atom stereocenters. The van der Waals surface area contributed by atoms with Crippen LogP contribution in [0.5, 0.6) is 0 Å². The molecule has 172 valence electrons. The van der Waals surface area contributed by atoms with Gasteiger partial charge >= 0.3 is 0 Å². The Bertz CT molecular complexity index is 641. The molecular weight excluding hydrogens is 368 g/mol. The zero-order chi connectivity index (χ0) is 21.8. The number of aliphatic hydroxyl groups excluding tert-OH is 2. The maximum absolute atomic E-state index is 11.1. The van der Waals surface area contributed by atoms with Crippen LogP contribution in [-0.4, -0.2) is 22.4 Å². The Balaban J connectivity index is 1.53. The molecule has 2 heteroatoms. The summed E-state index contributed by atoms with van der Waals surface area (Å²) < 4.78 is 0. The predicted octanol–water partition coefficient (Wildman–Crippen LogP) is 6.46. The molecule has 0 heterocycles. The summed E-state index contributed by atoms with van der Waals surface area (Å²) in [5.74, 6) is 5.63. The molecule has 0 aromatic heterocycles. The SMILES string of the molecule is CC(C)C(C)C=C[C@@H](C)[C@H]1CC[C@H]2[C@@H]3CCC4CC(O)CC(O)[C@]4(C)[C@H]3CC[C@]12C. The Labute approximate surface area is 185 Å². The summed E-state index contributed by atoms with van der Waals surface area (Å²) in [6.45, 7) is 14.5. The summed E-state index contributed by atoms with van der Waals surface area (Å²) in [5.41, 5.74) is 0.494. The van der Waals surface area contributed by atoms with Gasteiger partial charge in [0, 0.05) is 0 Å². The van der Waals surface area contributed by atoms with Crippen LogP contribution in [-0.2, 0) is 0 Å². The summed E-state index contributed by atoms with van der Waals surface area (Å²) in [4.78, 5) is 0. The fourth-order valence-corrected chi connectivity index (χ4v) is 8.91. The van der Waals surface area contributed by atoms with Crippen LogP contribution >= 0.6 is 0 Å². The van der Waals surface area contributed by atoms with E-state index in [9.17, 15) is 10.2 Å². The molecule has 0 aromatic rings. The van der Waals surface area contributed by atoms with E-state index < -0.39 is 0 Å². The van der Waals surface area contributed by atoms with Crippen molar-refractivity contribution in [3.05, 3.63) is 12.2 Å². The van der Waals surface area contributed by atoms with Crippen molar-refractivity contribution in [2.24, 2.45) is 58.2 Å². The Kier molecular flexibility index (Phi) is 6.26. The summed E-state index contributed by atoms with van der Waals surface area (Å²) in [6.07, 6.45) is 13.8. The normalized spacial score (nSPS) is 50.8. The summed E-state index contributed by atoms with van der Waals surface area (Å²) in [5, 5.41) is 21.4. The van der Waals surface area contributed by atoms with E-state index in [0.717, 1.165) is 24.2 Å². The molecule has 30 heavy (non-hydrogen) atoms. The van der Waals surface area contributed by atoms with E-state index in [1.807, 2.05) is 0 Å². The molecule has 0 amide bonds. The van der Waals surface area contributed by atoms with Gasteiger partial charge in [0.15, 0.2) is 0 Å². The molecule has 0 bridgehead atoms. The lowest BCUT2D eigenvalue weighted by atomic mass is 9.43. The van der Waals surface area contributed by atoms with Crippen molar-refractivity contribution in [3.63, 3.8) is 0 Å². The Hall–Kier alpha value is -0.340. The second-order valence-electron chi connectivity index (χ2n) is 12.7. The molecule has 2 nitrogen and oxygen atoms in total. The minimum atomic E-state index is -0.319. The Morgan fingerprint density at radius 3 is 2.27 bits per heavy atom. The zero-order valence-corrected chi connectivity index (χ0v) is 20.5. The lowest BCUT2D eigenvalue weighted by molar-refractivity contribution is -0.181. The highest BCUT2D eigenvalue weighted by Crippen LogP contribution is 2.68. The summed E-state index contributed by atoms with van der Waals surface area (Å²) >= 11 is 0. The summed E-state index contributed by atoms with van der Waals surface area (Å²) in [7, 11) is 0.